The topological polar surface area (TPSA) is 62.5 Å². The van der Waals surface area contributed by atoms with Gasteiger partial charge in [0.1, 0.15) is 0 Å². The van der Waals surface area contributed by atoms with Gasteiger partial charge in [0.2, 0.25) is 5.95 Å². The van der Waals surface area contributed by atoms with E-state index in [-0.39, 0.29) is 6.61 Å². The van der Waals surface area contributed by atoms with Crippen molar-refractivity contribution >= 4 is 27.5 Å². The van der Waals surface area contributed by atoms with E-state index in [1.54, 1.807) is 4.52 Å². The maximum atomic E-state index is 9.44. The van der Waals surface area contributed by atoms with Crippen molar-refractivity contribution in [1.29, 1.82) is 0 Å². The standard InChI is InChI=1S/C14H19BrN4O/c15-12-6-3-7-19-13(12)17-14(18-19)16-8-10-4-1-2-5-11(10)9-20/h3,6-7,10-11,20H,1-2,4-5,8-9H2,(H,16,18). The lowest BCUT2D eigenvalue weighted by Crippen LogP contribution is -2.28. The molecule has 20 heavy (non-hydrogen) atoms. The zero-order valence-electron chi connectivity index (χ0n) is 11.3. The lowest BCUT2D eigenvalue weighted by Gasteiger charge is -2.30. The number of nitrogens with zero attached hydrogens (tertiary/aromatic N) is 3. The van der Waals surface area contributed by atoms with Gasteiger partial charge in [-0.05, 0) is 52.7 Å². The highest BCUT2D eigenvalue weighted by atomic mass is 79.9. The number of fused-ring (bicyclic) bond motifs is 1. The summed E-state index contributed by atoms with van der Waals surface area (Å²) in [6, 6.07) is 3.88. The van der Waals surface area contributed by atoms with Gasteiger partial charge in [-0.25, -0.2) is 4.52 Å². The van der Waals surface area contributed by atoms with E-state index >= 15 is 0 Å². The van der Waals surface area contributed by atoms with Crippen LogP contribution < -0.4 is 5.32 Å². The molecule has 6 heteroatoms. The quantitative estimate of drug-likeness (QED) is 0.899. The van der Waals surface area contributed by atoms with Gasteiger partial charge >= 0.3 is 0 Å². The molecular weight excluding hydrogens is 320 g/mol. The zero-order valence-corrected chi connectivity index (χ0v) is 12.9. The minimum Gasteiger partial charge on any atom is -0.396 e. The second kappa shape index (κ2) is 6.10. The molecule has 1 aliphatic rings. The van der Waals surface area contributed by atoms with Gasteiger partial charge in [-0.15, -0.1) is 5.10 Å². The first-order valence-corrected chi connectivity index (χ1v) is 7.93. The van der Waals surface area contributed by atoms with Crippen molar-refractivity contribution in [2.75, 3.05) is 18.5 Å². The van der Waals surface area contributed by atoms with Gasteiger partial charge in [-0.2, -0.15) is 4.98 Å². The molecule has 0 saturated heterocycles. The van der Waals surface area contributed by atoms with Crippen molar-refractivity contribution in [3.8, 4) is 0 Å². The van der Waals surface area contributed by atoms with E-state index in [1.165, 1.54) is 19.3 Å². The Kier molecular flexibility index (Phi) is 4.21. The molecule has 0 radical (unpaired) electrons. The van der Waals surface area contributed by atoms with Crippen LogP contribution in [0, 0.1) is 11.8 Å². The highest BCUT2D eigenvalue weighted by molar-refractivity contribution is 9.10. The SMILES string of the molecule is OCC1CCCCC1CNc1nc2c(Br)cccn2n1. The molecule has 2 atom stereocenters. The van der Waals surface area contributed by atoms with E-state index in [0.717, 1.165) is 23.1 Å². The van der Waals surface area contributed by atoms with Crippen molar-refractivity contribution < 1.29 is 5.11 Å². The summed E-state index contributed by atoms with van der Waals surface area (Å²) in [4.78, 5) is 4.48. The molecule has 1 aliphatic carbocycles. The van der Waals surface area contributed by atoms with Crippen LogP contribution in [0.5, 0.6) is 0 Å². The number of anilines is 1. The first-order valence-electron chi connectivity index (χ1n) is 7.13. The number of hydrogen-bond acceptors (Lipinski definition) is 4. The first-order chi connectivity index (χ1) is 9.78. The molecule has 108 valence electrons. The van der Waals surface area contributed by atoms with Crippen molar-refractivity contribution in [1.82, 2.24) is 14.6 Å². The Hall–Kier alpha value is -1.14. The molecule has 2 unspecified atom stereocenters. The predicted molar refractivity (Wildman–Crippen MR) is 81.7 cm³/mol. The molecule has 0 aliphatic heterocycles. The van der Waals surface area contributed by atoms with Crippen LogP contribution >= 0.6 is 15.9 Å². The molecule has 2 aromatic rings. The Bertz CT molecular complexity index is 586. The molecule has 0 spiro atoms. The van der Waals surface area contributed by atoms with Gasteiger partial charge < -0.3 is 10.4 Å². The Morgan fingerprint density at radius 3 is 2.90 bits per heavy atom. The van der Waals surface area contributed by atoms with E-state index < -0.39 is 0 Å². The number of hydrogen-bond donors (Lipinski definition) is 2. The smallest absolute Gasteiger partial charge is 0.243 e. The number of nitrogens with one attached hydrogen (secondary N) is 1. The summed E-state index contributed by atoms with van der Waals surface area (Å²) in [7, 11) is 0. The fourth-order valence-electron chi connectivity index (χ4n) is 2.96. The molecule has 1 saturated carbocycles. The fraction of sp³-hybridized carbons (Fsp3) is 0.571. The van der Waals surface area contributed by atoms with Crippen LogP contribution in [0.25, 0.3) is 5.65 Å². The van der Waals surface area contributed by atoms with Crippen molar-refractivity contribution in [2.45, 2.75) is 25.7 Å². The minimum absolute atomic E-state index is 0.288. The van der Waals surface area contributed by atoms with E-state index in [0.29, 0.717) is 17.8 Å². The van der Waals surface area contributed by atoms with Gasteiger partial charge in [0.25, 0.3) is 0 Å². The van der Waals surface area contributed by atoms with Gasteiger partial charge in [0.05, 0.1) is 4.47 Å². The first kappa shape index (κ1) is 13.8. The molecule has 0 bridgehead atoms. The van der Waals surface area contributed by atoms with Crippen LogP contribution in [0.2, 0.25) is 0 Å². The maximum Gasteiger partial charge on any atom is 0.243 e. The fourth-order valence-corrected chi connectivity index (χ4v) is 3.39. The van der Waals surface area contributed by atoms with Crippen LogP contribution in [0.4, 0.5) is 5.95 Å². The zero-order chi connectivity index (χ0) is 13.9. The molecule has 0 aromatic carbocycles. The number of rotatable bonds is 4. The Balaban J connectivity index is 1.68. The van der Waals surface area contributed by atoms with Gasteiger partial charge in [-0.1, -0.05) is 12.8 Å². The summed E-state index contributed by atoms with van der Waals surface area (Å²) < 4.78 is 2.70. The normalized spacial score (nSPS) is 23.1. The predicted octanol–water partition coefficient (Wildman–Crippen LogP) is 2.70. The van der Waals surface area contributed by atoms with E-state index in [1.807, 2.05) is 18.3 Å². The van der Waals surface area contributed by atoms with Gasteiger partial charge in [0, 0.05) is 19.3 Å². The molecule has 0 amide bonds. The maximum absolute atomic E-state index is 9.44. The molecule has 3 rings (SSSR count). The number of aliphatic hydroxyl groups is 1. The largest absolute Gasteiger partial charge is 0.396 e. The summed E-state index contributed by atoms with van der Waals surface area (Å²) in [5, 5.41) is 17.2. The Morgan fingerprint density at radius 2 is 2.15 bits per heavy atom. The average Bonchev–Trinajstić information content (AvgIpc) is 2.90. The van der Waals surface area contributed by atoms with Crippen LogP contribution in [0.3, 0.4) is 0 Å². The van der Waals surface area contributed by atoms with E-state index in [4.69, 9.17) is 0 Å². The van der Waals surface area contributed by atoms with Gasteiger partial charge in [-0.3, -0.25) is 0 Å². The third-order valence-electron chi connectivity index (χ3n) is 4.14. The Morgan fingerprint density at radius 1 is 1.35 bits per heavy atom. The second-order valence-corrected chi connectivity index (χ2v) is 6.28. The lowest BCUT2D eigenvalue weighted by atomic mass is 9.80. The number of halogens is 1. The third-order valence-corrected chi connectivity index (χ3v) is 4.76. The third kappa shape index (κ3) is 2.81. The number of pyridine rings is 1. The van der Waals surface area contributed by atoms with Crippen molar-refractivity contribution in [3.05, 3.63) is 22.8 Å². The second-order valence-electron chi connectivity index (χ2n) is 5.43. The summed E-state index contributed by atoms with van der Waals surface area (Å²) in [5.41, 5.74) is 0.817. The summed E-state index contributed by atoms with van der Waals surface area (Å²) in [6.07, 6.45) is 6.69. The molecule has 1 fully saturated rings. The van der Waals surface area contributed by atoms with Crippen LogP contribution in [0.15, 0.2) is 22.8 Å². The average molecular weight is 339 g/mol. The van der Waals surface area contributed by atoms with E-state index in [2.05, 4.69) is 31.3 Å². The van der Waals surface area contributed by atoms with Crippen LogP contribution in [0.1, 0.15) is 25.7 Å². The molecule has 2 N–H and O–H groups in total. The van der Waals surface area contributed by atoms with E-state index in [9.17, 15) is 5.11 Å². The Labute approximate surface area is 126 Å². The molecule has 2 heterocycles. The summed E-state index contributed by atoms with van der Waals surface area (Å²) >= 11 is 3.47. The molecular formula is C14H19BrN4O. The summed E-state index contributed by atoms with van der Waals surface area (Å²) in [6.45, 7) is 1.12. The minimum atomic E-state index is 0.288. The number of aliphatic hydroxyl groups excluding tert-OH is 1. The molecule has 2 aromatic heterocycles. The van der Waals surface area contributed by atoms with Gasteiger partial charge in [0.15, 0.2) is 5.65 Å². The van der Waals surface area contributed by atoms with Crippen molar-refractivity contribution in [2.24, 2.45) is 11.8 Å². The van der Waals surface area contributed by atoms with Crippen LogP contribution in [-0.4, -0.2) is 32.9 Å². The highest BCUT2D eigenvalue weighted by Crippen LogP contribution is 2.29. The van der Waals surface area contributed by atoms with Crippen molar-refractivity contribution in [3.63, 3.8) is 0 Å². The lowest BCUT2D eigenvalue weighted by molar-refractivity contribution is 0.141. The van der Waals surface area contributed by atoms with Crippen LogP contribution in [-0.2, 0) is 0 Å². The highest BCUT2D eigenvalue weighted by Gasteiger charge is 2.24. The molecule has 5 nitrogen and oxygen atoms in total. The monoisotopic (exact) mass is 338 g/mol. The number of aromatic nitrogens is 3. The summed E-state index contributed by atoms with van der Waals surface area (Å²) in [5.74, 6) is 1.59.